The Morgan fingerprint density at radius 2 is 1.92 bits per heavy atom. The average molecular weight is 362 g/mol. The quantitative estimate of drug-likeness (QED) is 0.614. The first kappa shape index (κ1) is 18.1. The Kier molecular flexibility index (Phi) is 5.03. The Morgan fingerprint density at radius 1 is 1.23 bits per heavy atom. The molecule has 9 nitrogen and oxygen atoms in total. The number of carbonyl (C=O) groups excluding carboxylic acids is 1. The van der Waals surface area contributed by atoms with Crippen molar-refractivity contribution in [1.29, 1.82) is 0 Å². The number of benzene rings is 1. The van der Waals surface area contributed by atoms with E-state index in [4.69, 9.17) is 9.47 Å². The third-order valence-electron chi connectivity index (χ3n) is 4.15. The number of rotatable bonds is 4. The molecule has 0 saturated carbocycles. The number of aliphatic hydroxyl groups excluding tert-OH is 2. The lowest BCUT2D eigenvalue weighted by Gasteiger charge is -2.17. The summed E-state index contributed by atoms with van der Waals surface area (Å²) in [6.45, 7) is 1.19. The summed E-state index contributed by atoms with van der Waals surface area (Å²) in [7, 11) is 0. The van der Waals surface area contributed by atoms with Crippen LogP contribution in [-0.2, 0) is 9.47 Å². The standard InChI is InChI=1S/C17H18N2O7/c1-9-7-19(17(24)18-14(9)22)15-13(21)12(20)11(26-15)8-25-16(23)10-5-3-2-4-6-10/h2-7,11-13,15,20-21H,8H2,1H3,(H,18,22,24)/t11-,12+,13-,15-/m1/s1. The van der Waals surface area contributed by atoms with Gasteiger partial charge in [0.05, 0.1) is 5.56 Å². The zero-order valence-electron chi connectivity index (χ0n) is 13.9. The molecular formula is C17H18N2O7. The second-order valence-electron chi connectivity index (χ2n) is 5.99. The molecule has 1 aliphatic rings. The first-order valence-electron chi connectivity index (χ1n) is 7.94. The number of hydrogen-bond donors (Lipinski definition) is 3. The summed E-state index contributed by atoms with van der Waals surface area (Å²) < 4.78 is 11.6. The molecule has 0 amide bonds. The number of nitrogens with zero attached hydrogens (tertiary/aromatic N) is 1. The number of nitrogens with one attached hydrogen (secondary N) is 1. The van der Waals surface area contributed by atoms with E-state index in [2.05, 4.69) is 4.98 Å². The molecule has 0 spiro atoms. The fourth-order valence-electron chi connectivity index (χ4n) is 2.69. The van der Waals surface area contributed by atoms with Crippen LogP contribution in [0.2, 0.25) is 0 Å². The maximum absolute atomic E-state index is 12.0. The molecule has 9 heteroatoms. The minimum atomic E-state index is -1.43. The van der Waals surface area contributed by atoms with E-state index >= 15 is 0 Å². The van der Waals surface area contributed by atoms with E-state index in [1.54, 1.807) is 30.3 Å². The Hall–Kier alpha value is -2.75. The smallest absolute Gasteiger partial charge is 0.338 e. The van der Waals surface area contributed by atoms with Gasteiger partial charge in [-0.05, 0) is 19.1 Å². The van der Waals surface area contributed by atoms with Crippen molar-refractivity contribution < 1.29 is 24.5 Å². The van der Waals surface area contributed by atoms with Crippen LogP contribution in [0, 0.1) is 6.92 Å². The summed E-state index contributed by atoms with van der Waals surface area (Å²) in [4.78, 5) is 37.4. The van der Waals surface area contributed by atoms with Crippen LogP contribution in [0.15, 0.2) is 46.1 Å². The molecule has 0 unspecified atom stereocenters. The van der Waals surface area contributed by atoms with Crippen molar-refractivity contribution in [2.75, 3.05) is 6.61 Å². The number of H-pyrrole nitrogens is 1. The maximum Gasteiger partial charge on any atom is 0.338 e. The monoisotopic (exact) mass is 362 g/mol. The number of ether oxygens (including phenoxy) is 2. The number of aromatic amines is 1. The van der Waals surface area contributed by atoms with E-state index in [1.807, 2.05) is 0 Å². The SMILES string of the molecule is Cc1cn([C@@H]2O[C@H](COC(=O)c3ccccc3)[C@H](O)[C@H]2O)c(=O)[nH]c1=O. The van der Waals surface area contributed by atoms with Crippen molar-refractivity contribution in [1.82, 2.24) is 9.55 Å². The molecule has 2 heterocycles. The molecule has 1 aliphatic heterocycles. The molecule has 0 aliphatic carbocycles. The molecule has 1 saturated heterocycles. The van der Waals surface area contributed by atoms with Gasteiger partial charge in [0.1, 0.15) is 24.9 Å². The van der Waals surface area contributed by atoms with Crippen LogP contribution in [0.4, 0.5) is 0 Å². The number of aliphatic hydroxyl groups is 2. The van der Waals surface area contributed by atoms with Crippen molar-refractivity contribution in [2.24, 2.45) is 0 Å². The van der Waals surface area contributed by atoms with E-state index in [0.717, 1.165) is 4.57 Å². The van der Waals surface area contributed by atoms with Crippen molar-refractivity contribution in [3.8, 4) is 0 Å². The number of carbonyl (C=O) groups is 1. The normalized spacial score (nSPS) is 25.2. The Bertz CT molecular complexity index is 905. The van der Waals surface area contributed by atoms with E-state index in [-0.39, 0.29) is 12.2 Å². The van der Waals surface area contributed by atoms with Gasteiger partial charge < -0.3 is 19.7 Å². The highest BCUT2D eigenvalue weighted by atomic mass is 16.6. The molecule has 4 atom stereocenters. The number of hydrogen-bond acceptors (Lipinski definition) is 7. The van der Waals surface area contributed by atoms with Gasteiger partial charge >= 0.3 is 11.7 Å². The first-order chi connectivity index (χ1) is 12.4. The minimum absolute atomic E-state index is 0.244. The van der Waals surface area contributed by atoms with Crippen LogP contribution >= 0.6 is 0 Å². The van der Waals surface area contributed by atoms with Gasteiger partial charge in [-0.3, -0.25) is 14.3 Å². The highest BCUT2D eigenvalue weighted by molar-refractivity contribution is 5.89. The summed E-state index contributed by atoms with van der Waals surface area (Å²) in [6.07, 6.45) is -3.81. The molecule has 3 N–H and O–H groups in total. The van der Waals surface area contributed by atoms with Crippen LogP contribution < -0.4 is 11.2 Å². The predicted octanol–water partition coefficient (Wildman–Crippen LogP) is -0.679. The second-order valence-corrected chi connectivity index (χ2v) is 5.99. The highest BCUT2D eigenvalue weighted by Crippen LogP contribution is 2.28. The van der Waals surface area contributed by atoms with Gasteiger partial charge in [-0.2, -0.15) is 0 Å². The Morgan fingerprint density at radius 3 is 2.62 bits per heavy atom. The fraction of sp³-hybridized carbons (Fsp3) is 0.353. The van der Waals surface area contributed by atoms with Crippen molar-refractivity contribution in [2.45, 2.75) is 31.5 Å². The summed E-state index contributed by atoms with van der Waals surface area (Å²) in [6, 6.07) is 8.28. The van der Waals surface area contributed by atoms with Crippen LogP contribution in [0.3, 0.4) is 0 Å². The predicted molar refractivity (Wildman–Crippen MR) is 88.7 cm³/mol. The van der Waals surface area contributed by atoms with E-state index in [1.165, 1.54) is 13.1 Å². The lowest BCUT2D eigenvalue weighted by molar-refractivity contribution is -0.0599. The van der Waals surface area contributed by atoms with E-state index in [9.17, 15) is 24.6 Å². The van der Waals surface area contributed by atoms with E-state index in [0.29, 0.717) is 5.56 Å². The summed E-state index contributed by atoms with van der Waals surface area (Å²) >= 11 is 0. The van der Waals surface area contributed by atoms with Crippen molar-refractivity contribution in [3.63, 3.8) is 0 Å². The lowest BCUT2D eigenvalue weighted by atomic mass is 10.1. The van der Waals surface area contributed by atoms with Gasteiger partial charge in [-0.15, -0.1) is 0 Å². The molecule has 26 heavy (non-hydrogen) atoms. The molecular weight excluding hydrogens is 344 g/mol. The second kappa shape index (κ2) is 7.24. The fourth-order valence-corrected chi connectivity index (χ4v) is 2.69. The van der Waals surface area contributed by atoms with Gasteiger partial charge in [0, 0.05) is 11.8 Å². The maximum atomic E-state index is 12.0. The van der Waals surface area contributed by atoms with E-state index < -0.39 is 41.8 Å². The van der Waals surface area contributed by atoms with Crippen LogP contribution in [-0.4, -0.2) is 50.7 Å². The third kappa shape index (κ3) is 3.45. The van der Waals surface area contributed by atoms with Gasteiger partial charge in [0.15, 0.2) is 6.23 Å². The van der Waals surface area contributed by atoms with Crippen molar-refractivity contribution >= 4 is 5.97 Å². The van der Waals surface area contributed by atoms with Crippen LogP contribution in [0.5, 0.6) is 0 Å². The molecule has 1 fully saturated rings. The molecule has 0 bridgehead atoms. The van der Waals surface area contributed by atoms with Gasteiger partial charge in [-0.25, -0.2) is 9.59 Å². The lowest BCUT2D eigenvalue weighted by Crippen LogP contribution is -2.38. The number of aryl methyl sites for hydroxylation is 1. The van der Waals surface area contributed by atoms with Gasteiger partial charge in [0.25, 0.3) is 5.56 Å². The Balaban J connectivity index is 1.72. The molecule has 1 aromatic heterocycles. The zero-order chi connectivity index (χ0) is 18.8. The summed E-state index contributed by atoms with van der Waals surface area (Å²) in [5.41, 5.74) is -0.746. The largest absolute Gasteiger partial charge is 0.459 e. The molecule has 3 rings (SSSR count). The molecule has 138 valence electrons. The third-order valence-corrected chi connectivity index (χ3v) is 4.15. The highest BCUT2D eigenvalue weighted by Gasteiger charge is 2.44. The van der Waals surface area contributed by atoms with Crippen LogP contribution in [0.1, 0.15) is 22.1 Å². The summed E-state index contributed by atoms with van der Waals surface area (Å²) in [5.74, 6) is -0.601. The number of aromatic nitrogens is 2. The molecule has 0 radical (unpaired) electrons. The number of esters is 1. The van der Waals surface area contributed by atoms with Gasteiger partial charge in [0.2, 0.25) is 0 Å². The topological polar surface area (TPSA) is 131 Å². The minimum Gasteiger partial charge on any atom is -0.459 e. The molecule has 1 aromatic carbocycles. The van der Waals surface area contributed by atoms with Gasteiger partial charge in [-0.1, -0.05) is 18.2 Å². The van der Waals surface area contributed by atoms with Crippen molar-refractivity contribution in [3.05, 3.63) is 68.5 Å². The van der Waals surface area contributed by atoms with Crippen LogP contribution in [0.25, 0.3) is 0 Å². The summed E-state index contributed by atoms with van der Waals surface area (Å²) in [5, 5.41) is 20.3. The molecule has 2 aromatic rings. The Labute approximate surface area is 147 Å². The average Bonchev–Trinajstić information content (AvgIpc) is 2.91. The zero-order valence-corrected chi connectivity index (χ0v) is 13.9. The first-order valence-corrected chi connectivity index (χ1v) is 7.94.